The van der Waals surface area contributed by atoms with E-state index in [-0.39, 0.29) is 11.8 Å². The molecule has 0 atom stereocenters. The summed E-state index contributed by atoms with van der Waals surface area (Å²) in [5, 5.41) is 6.39. The van der Waals surface area contributed by atoms with Gasteiger partial charge in [-0.05, 0) is 18.2 Å². The second-order valence-electron chi connectivity index (χ2n) is 5.30. The van der Waals surface area contributed by atoms with Crippen molar-refractivity contribution in [3.63, 3.8) is 0 Å². The van der Waals surface area contributed by atoms with E-state index in [0.717, 1.165) is 0 Å². The molecule has 0 bridgehead atoms. The van der Waals surface area contributed by atoms with E-state index in [1.165, 1.54) is 4.90 Å². The van der Waals surface area contributed by atoms with Crippen LogP contribution in [0.25, 0.3) is 0 Å². The molecule has 0 aliphatic carbocycles. The monoisotopic (exact) mass is 311 g/mol. The lowest BCUT2D eigenvalue weighted by molar-refractivity contribution is -0.116. The predicted octanol–water partition coefficient (Wildman–Crippen LogP) is 2.37. The van der Waals surface area contributed by atoms with Crippen LogP contribution >= 0.6 is 11.6 Å². The fourth-order valence-corrected chi connectivity index (χ4v) is 1.91. The molecule has 1 aromatic rings. The number of nitrogens with zero attached hydrogens (tertiary/aromatic N) is 1. The Kier molecular flexibility index (Phi) is 6.65. The minimum atomic E-state index is -0.178. The third-order valence-corrected chi connectivity index (χ3v) is 3.03. The maximum Gasteiger partial charge on any atom is 0.255 e. The highest BCUT2D eigenvalue weighted by Crippen LogP contribution is 2.22. The van der Waals surface area contributed by atoms with Gasteiger partial charge in [-0.1, -0.05) is 25.4 Å². The molecule has 2 N–H and O–H groups in total. The summed E-state index contributed by atoms with van der Waals surface area (Å²) in [6.45, 7) is 4.62. The average molecular weight is 312 g/mol. The molecule has 0 aliphatic heterocycles. The lowest BCUT2D eigenvalue weighted by Crippen LogP contribution is -2.28. The molecule has 5 nitrogen and oxygen atoms in total. The quantitative estimate of drug-likeness (QED) is 0.848. The Bertz CT molecular complexity index is 516. The second-order valence-corrected chi connectivity index (χ2v) is 5.73. The number of hydrogen-bond acceptors (Lipinski definition) is 3. The van der Waals surface area contributed by atoms with Crippen molar-refractivity contribution in [2.75, 3.05) is 26.0 Å². The van der Waals surface area contributed by atoms with Crippen LogP contribution in [-0.4, -0.2) is 43.4 Å². The third kappa shape index (κ3) is 5.73. The van der Waals surface area contributed by atoms with Crippen molar-refractivity contribution < 1.29 is 9.59 Å². The largest absolute Gasteiger partial charge is 0.345 e. The Morgan fingerprint density at radius 3 is 2.52 bits per heavy atom. The number of nitrogens with one attached hydrogen (secondary N) is 2. The van der Waals surface area contributed by atoms with Gasteiger partial charge in [-0.3, -0.25) is 9.59 Å². The maximum absolute atomic E-state index is 12.1. The molecule has 0 fully saturated rings. The zero-order valence-corrected chi connectivity index (χ0v) is 13.6. The Morgan fingerprint density at radius 2 is 1.95 bits per heavy atom. The summed E-state index contributed by atoms with van der Waals surface area (Å²) >= 11 is 5.94. The number of carbonyl (C=O) groups excluding carboxylic acids is 2. The van der Waals surface area contributed by atoms with Crippen molar-refractivity contribution in [1.29, 1.82) is 0 Å². The number of amides is 2. The Morgan fingerprint density at radius 1 is 1.29 bits per heavy atom. The van der Waals surface area contributed by atoms with Crippen LogP contribution < -0.4 is 10.6 Å². The Hall–Kier alpha value is -1.59. The van der Waals surface area contributed by atoms with E-state index in [1.54, 1.807) is 32.3 Å². The van der Waals surface area contributed by atoms with Gasteiger partial charge in [0.2, 0.25) is 5.91 Å². The van der Waals surface area contributed by atoms with E-state index in [9.17, 15) is 9.59 Å². The van der Waals surface area contributed by atoms with Crippen molar-refractivity contribution >= 4 is 29.1 Å². The lowest BCUT2D eigenvalue weighted by Gasteiger charge is -2.15. The fraction of sp³-hybridized carbons (Fsp3) is 0.467. The summed E-state index contributed by atoms with van der Waals surface area (Å²) in [6, 6.07) is 5.17. The predicted molar refractivity (Wildman–Crippen MR) is 85.9 cm³/mol. The number of anilines is 1. The van der Waals surface area contributed by atoms with Gasteiger partial charge in [0.05, 0.1) is 11.3 Å². The number of rotatable bonds is 6. The van der Waals surface area contributed by atoms with Gasteiger partial charge in [0.25, 0.3) is 5.91 Å². The summed E-state index contributed by atoms with van der Waals surface area (Å²) in [7, 11) is 3.32. The van der Waals surface area contributed by atoms with Gasteiger partial charge < -0.3 is 15.5 Å². The maximum atomic E-state index is 12.1. The number of hydrogen-bond donors (Lipinski definition) is 2. The number of benzene rings is 1. The first-order chi connectivity index (χ1) is 9.81. The molecule has 0 aromatic heterocycles. The molecule has 0 saturated carbocycles. The number of carbonyl (C=O) groups is 2. The highest BCUT2D eigenvalue weighted by atomic mass is 35.5. The van der Waals surface area contributed by atoms with E-state index < -0.39 is 0 Å². The molecule has 0 saturated heterocycles. The van der Waals surface area contributed by atoms with Gasteiger partial charge in [-0.2, -0.15) is 0 Å². The average Bonchev–Trinajstić information content (AvgIpc) is 2.37. The first-order valence-electron chi connectivity index (χ1n) is 6.85. The first-order valence-corrected chi connectivity index (χ1v) is 7.23. The van der Waals surface area contributed by atoms with Crippen molar-refractivity contribution in [2.24, 2.45) is 0 Å². The zero-order valence-electron chi connectivity index (χ0n) is 12.9. The van der Waals surface area contributed by atoms with E-state index in [0.29, 0.717) is 35.3 Å². The van der Waals surface area contributed by atoms with Crippen LogP contribution in [0.15, 0.2) is 18.2 Å². The molecular formula is C15H22ClN3O2. The molecule has 6 heteroatoms. The van der Waals surface area contributed by atoms with Crippen LogP contribution in [0.1, 0.15) is 30.6 Å². The lowest BCUT2D eigenvalue weighted by atomic mass is 10.1. The second kappa shape index (κ2) is 8.00. The highest BCUT2D eigenvalue weighted by molar-refractivity contribution is 6.31. The molecule has 21 heavy (non-hydrogen) atoms. The van der Waals surface area contributed by atoms with E-state index in [2.05, 4.69) is 10.6 Å². The normalized spacial score (nSPS) is 10.6. The number of halogens is 1. The van der Waals surface area contributed by atoms with Crippen molar-refractivity contribution in [3.05, 3.63) is 28.8 Å². The molecule has 0 spiro atoms. The molecule has 1 rings (SSSR count). The Balaban J connectivity index is 2.79. The molecule has 2 amide bonds. The van der Waals surface area contributed by atoms with Gasteiger partial charge in [0.1, 0.15) is 0 Å². The topological polar surface area (TPSA) is 61.4 Å². The van der Waals surface area contributed by atoms with E-state index >= 15 is 0 Å². The van der Waals surface area contributed by atoms with E-state index in [4.69, 9.17) is 11.6 Å². The van der Waals surface area contributed by atoms with Crippen LogP contribution in [0.2, 0.25) is 5.02 Å². The van der Waals surface area contributed by atoms with Gasteiger partial charge in [0, 0.05) is 38.1 Å². The van der Waals surface area contributed by atoms with Crippen LogP contribution in [0.5, 0.6) is 0 Å². The van der Waals surface area contributed by atoms with Gasteiger partial charge in [0.15, 0.2) is 0 Å². The van der Waals surface area contributed by atoms with Crippen LogP contribution in [0.4, 0.5) is 5.69 Å². The van der Waals surface area contributed by atoms with Crippen LogP contribution in [0.3, 0.4) is 0 Å². The SMILES string of the molecule is CC(C)NCCC(=O)Nc1cc(Cl)ccc1C(=O)N(C)C. The molecule has 116 valence electrons. The van der Waals surface area contributed by atoms with Crippen molar-refractivity contribution in [1.82, 2.24) is 10.2 Å². The third-order valence-electron chi connectivity index (χ3n) is 2.80. The standard InChI is InChI=1S/C15H22ClN3O2/c1-10(2)17-8-7-14(20)18-13-9-11(16)5-6-12(13)15(21)19(3)4/h5-6,9-10,17H,7-8H2,1-4H3,(H,18,20). The smallest absolute Gasteiger partial charge is 0.255 e. The molecule has 0 radical (unpaired) electrons. The molecule has 0 heterocycles. The minimum Gasteiger partial charge on any atom is -0.345 e. The molecule has 0 aliphatic rings. The van der Waals surface area contributed by atoms with Crippen LogP contribution in [0, 0.1) is 0 Å². The Labute approximate surface area is 130 Å². The molecule has 0 unspecified atom stereocenters. The van der Waals surface area contributed by atoms with Gasteiger partial charge in [-0.15, -0.1) is 0 Å². The summed E-state index contributed by atoms with van der Waals surface area (Å²) < 4.78 is 0. The molecular weight excluding hydrogens is 290 g/mol. The summed E-state index contributed by atoms with van der Waals surface area (Å²) in [5.74, 6) is -0.333. The van der Waals surface area contributed by atoms with Gasteiger partial charge >= 0.3 is 0 Å². The van der Waals surface area contributed by atoms with Crippen LogP contribution in [-0.2, 0) is 4.79 Å². The summed E-state index contributed by atoms with van der Waals surface area (Å²) in [4.78, 5) is 25.5. The summed E-state index contributed by atoms with van der Waals surface area (Å²) in [6.07, 6.45) is 0.334. The fourth-order valence-electron chi connectivity index (χ4n) is 1.73. The summed E-state index contributed by atoms with van der Waals surface area (Å²) in [5.41, 5.74) is 0.866. The zero-order chi connectivity index (χ0) is 16.0. The first kappa shape index (κ1) is 17.5. The van der Waals surface area contributed by atoms with Gasteiger partial charge in [-0.25, -0.2) is 0 Å². The van der Waals surface area contributed by atoms with E-state index in [1.807, 2.05) is 13.8 Å². The van der Waals surface area contributed by atoms with Crippen molar-refractivity contribution in [3.8, 4) is 0 Å². The highest BCUT2D eigenvalue weighted by Gasteiger charge is 2.15. The minimum absolute atomic E-state index is 0.154. The molecule has 1 aromatic carbocycles. The van der Waals surface area contributed by atoms with Crippen molar-refractivity contribution in [2.45, 2.75) is 26.3 Å².